The van der Waals surface area contributed by atoms with Crippen LogP contribution in [0.1, 0.15) is 15.9 Å². The first kappa shape index (κ1) is 18.0. The van der Waals surface area contributed by atoms with Gasteiger partial charge in [0.25, 0.3) is 5.91 Å². The van der Waals surface area contributed by atoms with Crippen LogP contribution in [-0.4, -0.2) is 59.3 Å². The Labute approximate surface area is 151 Å². The summed E-state index contributed by atoms with van der Waals surface area (Å²) in [5, 5.41) is 2.50. The van der Waals surface area contributed by atoms with Crippen LogP contribution < -0.4 is 5.32 Å². The highest BCUT2D eigenvalue weighted by molar-refractivity contribution is 5.96. The minimum atomic E-state index is -0.595. The normalized spacial score (nSPS) is 14.9. The Balaban J connectivity index is 1.44. The summed E-state index contributed by atoms with van der Waals surface area (Å²) in [4.78, 5) is 32.3. The summed E-state index contributed by atoms with van der Waals surface area (Å²) < 4.78 is 13.6. The summed E-state index contributed by atoms with van der Waals surface area (Å²) in [5.41, 5.74) is 1.14. The number of carbonyl (C=O) groups excluding carboxylic acids is 2. The van der Waals surface area contributed by atoms with Gasteiger partial charge in [-0.1, -0.05) is 12.1 Å². The molecule has 0 unspecified atom stereocenters. The minimum Gasteiger partial charge on any atom is -0.343 e. The predicted octanol–water partition coefficient (Wildman–Crippen LogP) is 1.29. The van der Waals surface area contributed by atoms with Gasteiger partial charge >= 0.3 is 0 Å². The van der Waals surface area contributed by atoms with Gasteiger partial charge in [0.2, 0.25) is 5.91 Å². The molecule has 2 amide bonds. The Hall–Kier alpha value is -2.80. The lowest BCUT2D eigenvalue weighted by Gasteiger charge is -2.34. The molecule has 0 spiro atoms. The maximum Gasteiger partial charge on any atom is 0.254 e. The number of carbonyl (C=O) groups is 2. The molecular formula is C19H21FN4O2. The highest BCUT2D eigenvalue weighted by Gasteiger charge is 2.21. The van der Waals surface area contributed by atoms with Gasteiger partial charge in [-0.15, -0.1) is 0 Å². The molecular weight excluding hydrogens is 335 g/mol. The second kappa shape index (κ2) is 8.53. The van der Waals surface area contributed by atoms with Gasteiger partial charge < -0.3 is 10.2 Å². The fourth-order valence-electron chi connectivity index (χ4n) is 2.91. The average molecular weight is 356 g/mol. The van der Waals surface area contributed by atoms with Crippen molar-refractivity contribution in [2.45, 2.75) is 6.54 Å². The Morgan fingerprint density at radius 2 is 1.73 bits per heavy atom. The second-order valence-electron chi connectivity index (χ2n) is 6.17. The molecule has 1 aliphatic heterocycles. The zero-order valence-corrected chi connectivity index (χ0v) is 14.4. The molecule has 0 atom stereocenters. The number of piperazine rings is 1. The first-order valence-electron chi connectivity index (χ1n) is 8.55. The van der Waals surface area contributed by atoms with Crippen molar-refractivity contribution in [3.8, 4) is 0 Å². The molecule has 0 bridgehead atoms. The van der Waals surface area contributed by atoms with Gasteiger partial charge in [0.15, 0.2) is 0 Å². The molecule has 2 heterocycles. The Morgan fingerprint density at radius 1 is 1.04 bits per heavy atom. The summed E-state index contributed by atoms with van der Waals surface area (Å²) in [5.74, 6) is -1.33. The molecule has 26 heavy (non-hydrogen) atoms. The van der Waals surface area contributed by atoms with Crippen LogP contribution in [0.4, 0.5) is 4.39 Å². The second-order valence-corrected chi connectivity index (χ2v) is 6.17. The van der Waals surface area contributed by atoms with E-state index in [0.717, 1.165) is 19.6 Å². The molecule has 136 valence electrons. The molecule has 1 aromatic heterocycles. The Morgan fingerprint density at radius 3 is 2.42 bits per heavy atom. The number of benzene rings is 1. The number of nitrogens with one attached hydrogen (secondary N) is 1. The first-order valence-corrected chi connectivity index (χ1v) is 8.55. The molecule has 7 heteroatoms. The number of nitrogens with zero attached hydrogens (tertiary/aromatic N) is 3. The molecule has 6 nitrogen and oxygen atoms in total. The molecule has 1 N–H and O–H groups in total. The number of rotatable bonds is 5. The smallest absolute Gasteiger partial charge is 0.254 e. The van der Waals surface area contributed by atoms with Crippen LogP contribution in [-0.2, 0) is 11.3 Å². The first-order chi connectivity index (χ1) is 12.6. The molecule has 0 radical (unpaired) electrons. The molecule has 0 aliphatic carbocycles. The van der Waals surface area contributed by atoms with Crippen molar-refractivity contribution in [2.24, 2.45) is 0 Å². The van der Waals surface area contributed by atoms with E-state index in [9.17, 15) is 14.0 Å². The van der Waals surface area contributed by atoms with E-state index in [-0.39, 0.29) is 18.0 Å². The van der Waals surface area contributed by atoms with Crippen LogP contribution in [0.25, 0.3) is 0 Å². The van der Waals surface area contributed by atoms with Crippen molar-refractivity contribution in [3.63, 3.8) is 0 Å². The van der Waals surface area contributed by atoms with E-state index >= 15 is 0 Å². The molecule has 3 rings (SSSR count). The summed E-state index contributed by atoms with van der Waals surface area (Å²) in [6, 6.07) is 9.68. The van der Waals surface area contributed by atoms with E-state index in [1.165, 1.54) is 23.8 Å². The van der Waals surface area contributed by atoms with Crippen molar-refractivity contribution in [1.29, 1.82) is 0 Å². The quantitative estimate of drug-likeness (QED) is 0.877. The van der Waals surface area contributed by atoms with E-state index in [1.54, 1.807) is 23.4 Å². The number of hydrogen-bond donors (Lipinski definition) is 1. The Bertz CT molecular complexity index is 761. The van der Waals surface area contributed by atoms with Crippen molar-refractivity contribution in [1.82, 2.24) is 20.1 Å². The predicted molar refractivity (Wildman–Crippen MR) is 94.8 cm³/mol. The molecule has 1 saturated heterocycles. The standard InChI is InChI=1S/C19H21FN4O2/c20-17-4-2-1-3-16(17)19(26)22-13-18(25)24-11-9-23(10-12-24)14-15-5-7-21-8-6-15/h1-8H,9-14H2,(H,22,26). The number of aromatic nitrogens is 1. The average Bonchev–Trinajstić information content (AvgIpc) is 2.67. The number of halogens is 1. The monoisotopic (exact) mass is 356 g/mol. The zero-order chi connectivity index (χ0) is 18.4. The van der Waals surface area contributed by atoms with Gasteiger partial charge in [0.1, 0.15) is 5.82 Å². The van der Waals surface area contributed by atoms with E-state index < -0.39 is 11.7 Å². The maximum atomic E-state index is 13.6. The van der Waals surface area contributed by atoms with Gasteiger partial charge in [-0.2, -0.15) is 0 Å². The van der Waals surface area contributed by atoms with Gasteiger partial charge in [-0.05, 0) is 29.8 Å². The number of pyridine rings is 1. The van der Waals surface area contributed by atoms with Crippen molar-refractivity contribution in [3.05, 3.63) is 65.7 Å². The summed E-state index contributed by atoms with van der Waals surface area (Å²) in [6.45, 7) is 3.47. The lowest BCUT2D eigenvalue weighted by molar-refractivity contribution is -0.131. The third kappa shape index (κ3) is 4.64. The topological polar surface area (TPSA) is 65.5 Å². The van der Waals surface area contributed by atoms with E-state index in [0.29, 0.717) is 13.1 Å². The van der Waals surface area contributed by atoms with E-state index in [1.807, 2.05) is 12.1 Å². The SMILES string of the molecule is O=C(NCC(=O)N1CCN(Cc2ccncc2)CC1)c1ccccc1F. The van der Waals surface area contributed by atoms with Crippen molar-refractivity contribution >= 4 is 11.8 Å². The van der Waals surface area contributed by atoms with Crippen LogP contribution in [0.15, 0.2) is 48.8 Å². The number of amides is 2. The molecule has 1 aliphatic rings. The van der Waals surface area contributed by atoms with Gasteiger partial charge in [-0.3, -0.25) is 19.5 Å². The minimum absolute atomic E-state index is 0.0533. The molecule has 1 fully saturated rings. The fourth-order valence-corrected chi connectivity index (χ4v) is 2.91. The zero-order valence-electron chi connectivity index (χ0n) is 14.4. The highest BCUT2D eigenvalue weighted by Crippen LogP contribution is 2.08. The van der Waals surface area contributed by atoms with Crippen LogP contribution in [0.2, 0.25) is 0 Å². The molecule has 2 aromatic rings. The van der Waals surface area contributed by atoms with E-state index in [2.05, 4.69) is 15.2 Å². The van der Waals surface area contributed by atoms with Gasteiger partial charge in [-0.25, -0.2) is 4.39 Å². The lowest BCUT2D eigenvalue weighted by atomic mass is 10.2. The van der Waals surface area contributed by atoms with Crippen LogP contribution in [0, 0.1) is 5.82 Å². The summed E-state index contributed by atoms with van der Waals surface area (Å²) in [6.07, 6.45) is 3.54. The lowest BCUT2D eigenvalue weighted by Crippen LogP contribution is -2.50. The maximum absolute atomic E-state index is 13.6. The van der Waals surface area contributed by atoms with E-state index in [4.69, 9.17) is 0 Å². The van der Waals surface area contributed by atoms with Crippen molar-refractivity contribution < 1.29 is 14.0 Å². The molecule has 1 aromatic carbocycles. The highest BCUT2D eigenvalue weighted by atomic mass is 19.1. The van der Waals surface area contributed by atoms with Crippen LogP contribution in [0.5, 0.6) is 0 Å². The van der Waals surface area contributed by atoms with Crippen LogP contribution in [0.3, 0.4) is 0 Å². The Kier molecular flexibility index (Phi) is 5.91. The largest absolute Gasteiger partial charge is 0.343 e. The molecule has 0 saturated carbocycles. The third-order valence-electron chi connectivity index (χ3n) is 4.40. The summed E-state index contributed by atoms with van der Waals surface area (Å²) in [7, 11) is 0. The third-order valence-corrected chi connectivity index (χ3v) is 4.40. The van der Waals surface area contributed by atoms with Gasteiger partial charge in [0.05, 0.1) is 12.1 Å². The van der Waals surface area contributed by atoms with Crippen molar-refractivity contribution in [2.75, 3.05) is 32.7 Å². The fraction of sp³-hybridized carbons (Fsp3) is 0.316. The van der Waals surface area contributed by atoms with Crippen LogP contribution >= 0.6 is 0 Å². The number of hydrogen-bond acceptors (Lipinski definition) is 4. The van der Waals surface area contributed by atoms with Gasteiger partial charge in [0, 0.05) is 45.1 Å². The summed E-state index contributed by atoms with van der Waals surface area (Å²) >= 11 is 0.